The molecule has 0 unspecified atom stereocenters. The summed E-state index contributed by atoms with van der Waals surface area (Å²) in [6.07, 6.45) is 0. The number of aliphatic hydroxyl groups excluding tert-OH is 1. The number of nitrogens with zero attached hydrogens (tertiary/aromatic N) is 2. The number of aliphatic hydroxyl groups is 1. The van der Waals surface area contributed by atoms with Crippen LogP contribution in [0.4, 0.5) is 0 Å². The van der Waals surface area contributed by atoms with Crippen molar-refractivity contribution in [1.29, 1.82) is 5.26 Å². The van der Waals surface area contributed by atoms with Crippen LogP contribution in [0.1, 0.15) is 0 Å². The summed E-state index contributed by atoms with van der Waals surface area (Å²) >= 11 is 0. The summed E-state index contributed by atoms with van der Waals surface area (Å²) in [6.45, 7) is 6.30. The van der Waals surface area contributed by atoms with E-state index in [-0.39, 0.29) is 0 Å². The Kier molecular flexibility index (Phi) is 2.72. The van der Waals surface area contributed by atoms with Crippen LogP contribution in [-0.4, -0.2) is 12.2 Å². The third kappa shape index (κ3) is 1.70. The van der Waals surface area contributed by atoms with Gasteiger partial charge in [-0.2, -0.15) is 0 Å². The molecule has 9 heavy (non-hydrogen) atoms. The lowest BCUT2D eigenvalue weighted by atomic mass is 10.5. The fraction of sp³-hybridized carbons (Fsp3) is 0.200. The van der Waals surface area contributed by atoms with Crippen molar-refractivity contribution in [2.75, 3.05) is 7.11 Å². The minimum atomic E-state index is -0.632. The molecular weight excluding hydrogens is 120 g/mol. The lowest BCUT2D eigenvalue weighted by Crippen LogP contribution is -1.86. The maximum atomic E-state index is 8.54. The predicted octanol–water partition coefficient (Wildman–Crippen LogP) is 0.803. The highest BCUT2D eigenvalue weighted by atomic mass is 16.6. The van der Waals surface area contributed by atoms with E-state index in [1.807, 2.05) is 0 Å². The molecule has 46 valence electrons. The minimum Gasteiger partial charge on any atom is -0.489 e. The highest BCUT2D eigenvalue weighted by Gasteiger charge is 2.01. The summed E-state index contributed by atoms with van der Waals surface area (Å²) in [5.41, 5.74) is -0.433. The van der Waals surface area contributed by atoms with Crippen molar-refractivity contribution in [2.45, 2.75) is 0 Å². The van der Waals surface area contributed by atoms with E-state index in [0.29, 0.717) is 0 Å². The molecule has 4 nitrogen and oxygen atoms in total. The second kappa shape index (κ2) is 3.34. The molecule has 0 aromatic carbocycles. The van der Waals surface area contributed by atoms with Crippen molar-refractivity contribution in [3.63, 3.8) is 0 Å². The Labute approximate surface area is 52.4 Å². The average Bonchev–Trinajstić information content (AvgIpc) is 1.90. The van der Waals surface area contributed by atoms with E-state index in [0.717, 1.165) is 0 Å². The first-order valence-electron chi connectivity index (χ1n) is 2.01. The van der Waals surface area contributed by atoms with Gasteiger partial charge in [0.25, 0.3) is 5.95 Å². The lowest BCUT2D eigenvalue weighted by Gasteiger charge is -1.93. The summed E-state index contributed by atoms with van der Waals surface area (Å²) in [5, 5.41) is 16.6. The number of nitriles is 1. The van der Waals surface area contributed by atoms with Crippen LogP contribution in [0.2, 0.25) is 0 Å². The lowest BCUT2D eigenvalue weighted by molar-refractivity contribution is 0.134. The summed E-state index contributed by atoms with van der Waals surface area (Å²) in [6, 6.07) is 1.45. The van der Waals surface area contributed by atoms with Crippen molar-refractivity contribution < 1.29 is 9.84 Å². The molecule has 0 amide bonds. The zero-order valence-electron chi connectivity index (χ0n) is 4.75. The second-order valence-corrected chi connectivity index (χ2v) is 1.08. The van der Waals surface area contributed by atoms with Crippen molar-refractivity contribution in [1.82, 2.24) is 0 Å². The summed E-state index contributed by atoms with van der Waals surface area (Å²) < 4.78 is 4.19. The molecule has 0 rings (SSSR count). The van der Waals surface area contributed by atoms with Crippen LogP contribution in [0, 0.1) is 17.9 Å². The Balaban J connectivity index is 4.49. The number of allylic oxidation sites excluding steroid dienone is 1. The first kappa shape index (κ1) is 7.32. The normalized spacial score (nSPS) is 10.6. The monoisotopic (exact) mass is 124 g/mol. The highest BCUT2D eigenvalue weighted by molar-refractivity contribution is 5.27. The van der Waals surface area contributed by atoms with Crippen LogP contribution in [-0.2, 0) is 4.74 Å². The standard InChI is InChI=1S/C5H4N2O2/c1-7-4(3-6)5(8)9-2/h8H,2H3. The molecule has 0 heterocycles. The van der Waals surface area contributed by atoms with Crippen molar-refractivity contribution in [3.8, 4) is 6.07 Å². The fourth-order valence-electron chi connectivity index (χ4n) is 0.217. The largest absolute Gasteiger partial charge is 0.489 e. The summed E-state index contributed by atoms with van der Waals surface area (Å²) in [4.78, 5) is 2.67. The molecule has 0 fully saturated rings. The van der Waals surface area contributed by atoms with Gasteiger partial charge in [0.05, 0.1) is 19.8 Å². The minimum absolute atomic E-state index is 0.433. The first-order chi connectivity index (χ1) is 4.26. The highest BCUT2D eigenvalue weighted by Crippen LogP contribution is 2.00. The zero-order chi connectivity index (χ0) is 7.28. The molecule has 0 spiro atoms. The van der Waals surface area contributed by atoms with Gasteiger partial charge in [0.1, 0.15) is 0 Å². The molecule has 0 aliphatic heterocycles. The molecule has 0 atom stereocenters. The molecular formula is C5H4N2O2. The van der Waals surface area contributed by atoms with E-state index in [1.54, 1.807) is 0 Å². The van der Waals surface area contributed by atoms with Gasteiger partial charge in [0.2, 0.25) is 0 Å². The van der Waals surface area contributed by atoms with Gasteiger partial charge in [0.15, 0.2) is 0 Å². The number of methoxy groups -OCH3 is 1. The van der Waals surface area contributed by atoms with E-state index in [9.17, 15) is 0 Å². The Morgan fingerprint density at radius 2 is 2.44 bits per heavy atom. The Morgan fingerprint density at radius 3 is 2.56 bits per heavy atom. The van der Waals surface area contributed by atoms with Gasteiger partial charge in [-0.05, 0) is 0 Å². The molecule has 0 radical (unpaired) electrons. The summed E-state index contributed by atoms with van der Waals surface area (Å²) in [5.74, 6) is -0.632. The average molecular weight is 124 g/mol. The molecule has 0 saturated heterocycles. The molecule has 0 aromatic heterocycles. The van der Waals surface area contributed by atoms with Crippen molar-refractivity contribution in [3.05, 3.63) is 23.1 Å². The van der Waals surface area contributed by atoms with E-state index < -0.39 is 11.6 Å². The van der Waals surface area contributed by atoms with Gasteiger partial charge in [-0.1, -0.05) is 0 Å². The maximum Gasteiger partial charge on any atom is 0.338 e. The van der Waals surface area contributed by atoms with Crippen LogP contribution in [0.25, 0.3) is 4.85 Å². The molecule has 0 aliphatic rings. The molecule has 0 aliphatic carbocycles. The Bertz CT molecular complexity index is 190. The fourth-order valence-corrected chi connectivity index (χ4v) is 0.217. The third-order valence-corrected chi connectivity index (χ3v) is 0.614. The van der Waals surface area contributed by atoms with Gasteiger partial charge in [0, 0.05) is 0 Å². The second-order valence-electron chi connectivity index (χ2n) is 1.08. The molecule has 0 aromatic rings. The van der Waals surface area contributed by atoms with Crippen molar-refractivity contribution >= 4 is 0 Å². The van der Waals surface area contributed by atoms with Gasteiger partial charge in [-0.3, -0.25) is 0 Å². The molecule has 0 bridgehead atoms. The Hall–Kier alpha value is -1.68. The molecule has 4 heteroatoms. The van der Waals surface area contributed by atoms with E-state index in [4.69, 9.17) is 16.9 Å². The third-order valence-electron chi connectivity index (χ3n) is 0.614. The number of ether oxygens (including phenoxy) is 1. The van der Waals surface area contributed by atoms with Gasteiger partial charge in [-0.15, -0.1) is 0 Å². The first-order valence-corrected chi connectivity index (χ1v) is 2.01. The van der Waals surface area contributed by atoms with Crippen LogP contribution >= 0.6 is 0 Å². The molecule has 0 saturated carbocycles. The van der Waals surface area contributed by atoms with Crippen LogP contribution in [0.5, 0.6) is 0 Å². The number of hydrogen-bond acceptors (Lipinski definition) is 3. The number of hydrogen-bond donors (Lipinski definition) is 1. The Morgan fingerprint density at radius 1 is 1.89 bits per heavy atom. The predicted molar refractivity (Wildman–Crippen MR) is 28.9 cm³/mol. The van der Waals surface area contributed by atoms with E-state index in [2.05, 4.69) is 9.58 Å². The van der Waals surface area contributed by atoms with Crippen molar-refractivity contribution in [2.24, 2.45) is 0 Å². The van der Waals surface area contributed by atoms with E-state index in [1.165, 1.54) is 13.2 Å². The SMILES string of the molecule is [C-]#[N+]C(C#N)=C(O)OC. The van der Waals surface area contributed by atoms with Gasteiger partial charge < -0.3 is 9.84 Å². The quantitative estimate of drug-likeness (QED) is 0.319. The van der Waals surface area contributed by atoms with Gasteiger partial charge >= 0.3 is 5.70 Å². The topological polar surface area (TPSA) is 57.6 Å². The maximum absolute atomic E-state index is 8.54. The number of rotatable bonds is 1. The van der Waals surface area contributed by atoms with Crippen LogP contribution in [0.3, 0.4) is 0 Å². The van der Waals surface area contributed by atoms with Crippen LogP contribution in [0.15, 0.2) is 11.6 Å². The summed E-state index contributed by atoms with van der Waals surface area (Å²) in [7, 11) is 1.18. The van der Waals surface area contributed by atoms with E-state index >= 15 is 0 Å². The zero-order valence-corrected chi connectivity index (χ0v) is 4.75. The van der Waals surface area contributed by atoms with Gasteiger partial charge in [-0.25, -0.2) is 10.1 Å². The molecule has 1 N–H and O–H groups in total. The smallest absolute Gasteiger partial charge is 0.338 e. The van der Waals surface area contributed by atoms with Crippen LogP contribution < -0.4 is 0 Å².